The summed E-state index contributed by atoms with van der Waals surface area (Å²) in [6, 6.07) is 4.43. The van der Waals surface area contributed by atoms with E-state index in [4.69, 9.17) is 4.74 Å². The topological polar surface area (TPSA) is 34.2 Å². The Morgan fingerprint density at radius 1 is 1.30 bits per heavy atom. The van der Waals surface area contributed by atoms with Gasteiger partial charge in [-0.2, -0.15) is 11.3 Å². The monoisotopic (exact) mass is 290 g/mol. The molecule has 0 aliphatic rings. The number of nitrogens with zero attached hydrogens (tertiary/aromatic N) is 1. The maximum Gasteiger partial charge on any atom is 0.138 e. The lowest BCUT2D eigenvalue weighted by Gasteiger charge is -2.19. The molecule has 0 aliphatic carbocycles. The van der Waals surface area contributed by atoms with Gasteiger partial charge in [0.15, 0.2) is 0 Å². The Morgan fingerprint density at radius 2 is 2.15 bits per heavy atom. The fourth-order valence-corrected chi connectivity index (χ4v) is 2.77. The minimum Gasteiger partial charge on any atom is -0.489 e. The molecule has 1 atom stereocenters. The molecule has 2 aromatic heterocycles. The third-order valence-corrected chi connectivity index (χ3v) is 3.62. The van der Waals surface area contributed by atoms with Crippen molar-refractivity contribution in [3.05, 3.63) is 46.4 Å². The average Bonchev–Trinajstić information content (AvgIpc) is 2.93. The maximum absolute atomic E-state index is 5.74. The van der Waals surface area contributed by atoms with Crippen molar-refractivity contribution in [3.8, 4) is 5.75 Å². The summed E-state index contributed by atoms with van der Waals surface area (Å²) in [7, 11) is 0. The Hall–Kier alpha value is -1.39. The highest BCUT2D eigenvalue weighted by molar-refractivity contribution is 7.08. The molecule has 0 bridgehead atoms. The normalized spacial score (nSPS) is 12.6. The Morgan fingerprint density at radius 3 is 2.80 bits per heavy atom. The van der Waals surface area contributed by atoms with Crippen LogP contribution in [0.2, 0.25) is 0 Å². The van der Waals surface area contributed by atoms with Crippen LogP contribution in [0.5, 0.6) is 5.75 Å². The Balaban J connectivity index is 2.24. The van der Waals surface area contributed by atoms with Crippen LogP contribution in [0.3, 0.4) is 0 Å². The molecule has 0 fully saturated rings. The van der Waals surface area contributed by atoms with E-state index >= 15 is 0 Å². The summed E-state index contributed by atoms with van der Waals surface area (Å²) in [6.07, 6.45) is 4.96. The van der Waals surface area contributed by atoms with Crippen LogP contribution in [0.4, 0.5) is 0 Å². The largest absolute Gasteiger partial charge is 0.489 e. The molecule has 0 spiro atoms. The van der Waals surface area contributed by atoms with E-state index in [1.165, 1.54) is 5.56 Å². The standard InChI is InChI=1S/C16H22N2OS/c1-4-6-18-16(13-5-7-20-11-13)14-8-15(10-17-9-14)19-12(2)3/h5,7-12,16,18H,4,6H2,1-3H3. The molecule has 0 radical (unpaired) electrons. The first-order valence-electron chi connectivity index (χ1n) is 7.07. The average molecular weight is 290 g/mol. The van der Waals surface area contributed by atoms with Crippen molar-refractivity contribution < 1.29 is 4.74 Å². The Kier molecular flexibility index (Phi) is 5.56. The van der Waals surface area contributed by atoms with Gasteiger partial charge in [0.2, 0.25) is 0 Å². The summed E-state index contributed by atoms with van der Waals surface area (Å²) in [5, 5.41) is 7.87. The van der Waals surface area contributed by atoms with Gasteiger partial charge in [-0.25, -0.2) is 0 Å². The van der Waals surface area contributed by atoms with Crippen molar-refractivity contribution in [2.24, 2.45) is 0 Å². The zero-order chi connectivity index (χ0) is 14.4. The van der Waals surface area contributed by atoms with Gasteiger partial charge in [0, 0.05) is 6.20 Å². The zero-order valence-corrected chi connectivity index (χ0v) is 13.1. The van der Waals surface area contributed by atoms with Crippen LogP contribution >= 0.6 is 11.3 Å². The number of nitrogens with one attached hydrogen (secondary N) is 1. The van der Waals surface area contributed by atoms with E-state index in [9.17, 15) is 0 Å². The molecule has 2 rings (SSSR count). The third-order valence-electron chi connectivity index (χ3n) is 2.91. The van der Waals surface area contributed by atoms with E-state index in [1.807, 2.05) is 20.0 Å². The molecule has 1 N–H and O–H groups in total. The van der Waals surface area contributed by atoms with Crippen LogP contribution in [0.25, 0.3) is 0 Å². The number of rotatable bonds is 7. The summed E-state index contributed by atoms with van der Waals surface area (Å²) in [4.78, 5) is 4.31. The summed E-state index contributed by atoms with van der Waals surface area (Å²) >= 11 is 1.72. The molecular weight excluding hydrogens is 268 g/mol. The molecule has 0 amide bonds. The SMILES string of the molecule is CCCNC(c1ccsc1)c1cncc(OC(C)C)c1. The number of ether oxygens (including phenoxy) is 1. The zero-order valence-electron chi connectivity index (χ0n) is 12.3. The minimum atomic E-state index is 0.162. The number of aromatic nitrogens is 1. The summed E-state index contributed by atoms with van der Waals surface area (Å²) in [6.45, 7) is 7.21. The highest BCUT2D eigenvalue weighted by Crippen LogP contribution is 2.26. The maximum atomic E-state index is 5.74. The minimum absolute atomic E-state index is 0.162. The van der Waals surface area contributed by atoms with Gasteiger partial charge in [-0.1, -0.05) is 6.92 Å². The number of pyridine rings is 1. The van der Waals surface area contributed by atoms with Crippen LogP contribution in [0, 0.1) is 0 Å². The van der Waals surface area contributed by atoms with Crippen LogP contribution < -0.4 is 10.1 Å². The van der Waals surface area contributed by atoms with Crippen molar-refractivity contribution in [1.29, 1.82) is 0 Å². The van der Waals surface area contributed by atoms with E-state index in [0.717, 1.165) is 24.3 Å². The first kappa shape index (κ1) is 15.0. The lowest BCUT2D eigenvalue weighted by molar-refractivity contribution is 0.241. The Bertz CT molecular complexity index is 511. The third kappa shape index (κ3) is 4.05. The number of hydrogen-bond acceptors (Lipinski definition) is 4. The van der Waals surface area contributed by atoms with Crippen LogP contribution in [-0.2, 0) is 0 Å². The van der Waals surface area contributed by atoms with E-state index in [-0.39, 0.29) is 12.1 Å². The second kappa shape index (κ2) is 7.41. The predicted molar refractivity (Wildman–Crippen MR) is 84.5 cm³/mol. The van der Waals surface area contributed by atoms with E-state index in [0.29, 0.717) is 0 Å². The van der Waals surface area contributed by atoms with Gasteiger partial charge in [0.1, 0.15) is 5.75 Å². The molecule has 0 saturated carbocycles. The molecule has 4 heteroatoms. The molecule has 2 heterocycles. The molecule has 20 heavy (non-hydrogen) atoms. The van der Waals surface area contributed by atoms with Gasteiger partial charge >= 0.3 is 0 Å². The van der Waals surface area contributed by atoms with Crippen molar-refractivity contribution in [2.75, 3.05) is 6.54 Å². The number of thiophene rings is 1. The molecular formula is C16H22N2OS. The van der Waals surface area contributed by atoms with Crippen molar-refractivity contribution >= 4 is 11.3 Å². The van der Waals surface area contributed by atoms with E-state index in [2.05, 4.69) is 40.1 Å². The van der Waals surface area contributed by atoms with Gasteiger partial charge < -0.3 is 10.1 Å². The molecule has 2 aromatic rings. The van der Waals surface area contributed by atoms with Crippen LogP contribution in [-0.4, -0.2) is 17.6 Å². The quantitative estimate of drug-likeness (QED) is 0.836. The molecule has 0 saturated heterocycles. The Labute approximate surface area is 125 Å². The summed E-state index contributed by atoms with van der Waals surface area (Å²) in [5.74, 6) is 0.830. The van der Waals surface area contributed by atoms with E-state index in [1.54, 1.807) is 17.5 Å². The van der Waals surface area contributed by atoms with Gasteiger partial charge in [-0.15, -0.1) is 0 Å². The lowest BCUT2D eigenvalue weighted by atomic mass is 10.0. The van der Waals surface area contributed by atoms with Crippen LogP contribution in [0.1, 0.15) is 44.4 Å². The van der Waals surface area contributed by atoms with Gasteiger partial charge in [-0.3, -0.25) is 4.98 Å². The van der Waals surface area contributed by atoms with E-state index < -0.39 is 0 Å². The molecule has 0 aliphatic heterocycles. The highest BCUT2D eigenvalue weighted by Gasteiger charge is 2.15. The predicted octanol–water partition coefficient (Wildman–Crippen LogP) is 4.02. The van der Waals surface area contributed by atoms with Gasteiger partial charge in [0.25, 0.3) is 0 Å². The molecule has 108 valence electrons. The van der Waals surface area contributed by atoms with Gasteiger partial charge in [0.05, 0.1) is 18.3 Å². The number of hydrogen-bond donors (Lipinski definition) is 1. The molecule has 1 unspecified atom stereocenters. The first-order valence-corrected chi connectivity index (χ1v) is 8.02. The lowest BCUT2D eigenvalue weighted by Crippen LogP contribution is -2.23. The molecule has 0 aromatic carbocycles. The van der Waals surface area contributed by atoms with Gasteiger partial charge in [-0.05, 0) is 60.8 Å². The fourth-order valence-electron chi connectivity index (χ4n) is 2.09. The van der Waals surface area contributed by atoms with Crippen molar-refractivity contribution in [3.63, 3.8) is 0 Å². The summed E-state index contributed by atoms with van der Waals surface area (Å²) < 4.78 is 5.74. The van der Waals surface area contributed by atoms with Crippen molar-refractivity contribution in [1.82, 2.24) is 10.3 Å². The van der Waals surface area contributed by atoms with Crippen molar-refractivity contribution in [2.45, 2.75) is 39.3 Å². The molecule has 3 nitrogen and oxygen atoms in total. The second-order valence-electron chi connectivity index (χ2n) is 5.06. The fraction of sp³-hybridized carbons (Fsp3) is 0.438. The highest BCUT2D eigenvalue weighted by atomic mass is 32.1. The smallest absolute Gasteiger partial charge is 0.138 e. The van der Waals surface area contributed by atoms with Crippen LogP contribution in [0.15, 0.2) is 35.3 Å². The second-order valence-corrected chi connectivity index (χ2v) is 5.84. The first-order chi connectivity index (χ1) is 9.70. The summed E-state index contributed by atoms with van der Waals surface area (Å²) in [5.41, 5.74) is 2.43.